The first-order valence-electron chi connectivity index (χ1n) is 9.76. The van der Waals surface area contributed by atoms with Gasteiger partial charge in [0.2, 0.25) is 11.8 Å². The molecule has 0 heterocycles. The summed E-state index contributed by atoms with van der Waals surface area (Å²) in [5, 5.41) is 4.73. The first kappa shape index (κ1) is 26.7. The molecule has 0 unspecified atom stereocenters. The maximum Gasteiger partial charge on any atom is 0.238 e. The van der Waals surface area contributed by atoms with Crippen molar-refractivity contribution in [3.8, 4) is 0 Å². The summed E-state index contributed by atoms with van der Waals surface area (Å²) < 4.78 is 52.9. The van der Waals surface area contributed by atoms with Crippen LogP contribution in [-0.2, 0) is 9.59 Å². The van der Waals surface area contributed by atoms with Crippen LogP contribution in [0.3, 0.4) is 0 Å². The molecule has 34 heavy (non-hydrogen) atoms. The van der Waals surface area contributed by atoms with Crippen LogP contribution in [0.4, 0.5) is 28.9 Å². The van der Waals surface area contributed by atoms with E-state index in [2.05, 4.69) is 32.3 Å². The van der Waals surface area contributed by atoms with E-state index < -0.39 is 35.1 Å². The highest BCUT2D eigenvalue weighted by molar-refractivity contribution is 7.80. The van der Waals surface area contributed by atoms with Gasteiger partial charge in [0, 0.05) is 25.0 Å². The van der Waals surface area contributed by atoms with Gasteiger partial charge in [-0.05, 0) is 61.5 Å². The zero-order valence-corrected chi connectivity index (χ0v) is 19.1. The molecule has 0 saturated carbocycles. The molecule has 0 fully saturated rings. The molecule has 0 spiro atoms. The van der Waals surface area contributed by atoms with Gasteiger partial charge in [-0.3, -0.25) is 31.3 Å². The molecule has 0 radical (unpaired) electrons. The van der Waals surface area contributed by atoms with Crippen LogP contribution in [0.5, 0.6) is 0 Å². The molecule has 8 nitrogen and oxygen atoms in total. The average molecular weight is 517 g/mol. The first-order chi connectivity index (χ1) is 16.1. The third-order valence-electron chi connectivity index (χ3n) is 4.05. The molecule has 0 aliphatic heterocycles. The molecule has 0 saturated heterocycles. The number of carbonyl (C=O) groups is 2. The standard InChI is InChI=1S/C20H20F4N6O2S2/c21-11-5-7-15(13(23)9-11)25-19(33)29-27-17(31)3-1-2-4-18(32)28-30-20(34)26-16-8-6-12(22)10-14(16)24/h5-10H,1-4H2,(H,27,31)(H,28,32)(H2,25,29,33)(H2,26,30,34). The number of anilines is 2. The number of rotatable bonds is 7. The minimum Gasteiger partial charge on any atom is -0.329 e. The fourth-order valence-corrected chi connectivity index (χ4v) is 2.76. The number of amides is 2. The van der Waals surface area contributed by atoms with Crippen LogP contribution in [0.1, 0.15) is 25.7 Å². The molecule has 0 bridgehead atoms. The predicted octanol–water partition coefficient (Wildman–Crippen LogP) is 3.14. The zero-order valence-electron chi connectivity index (χ0n) is 17.4. The molecule has 2 amide bonds. The van der Waals surface area contributed by atoms with Crippen LogP contribution in [0.2, 0.25) is 0 Å². The molecular formula is C20H20F4N6O2S2. The smallest absolute Gasteiger partial charge is 0.238 e. The van der Waals surface area contributed by atoms with E-state index in [1.54, 1.807) is 0 Å². The molecule has 6 N–H and O–H groups in total. The number of hydrogen-bond acceptors (Lipinski definition) is 4. The lowest BCUT2D eigenvalue weighted by Gasteiger charge is -2.13. The Bertz CT molecular complexity index is 990. The van der Waals surface area contributed by atoms with Crippen molar-refractivity contribution in [2.24, 2.45) is 0 Å². The van der Waals surface area contributed by atoms with Crippen LogP contribution >= 0.6 is 24.4 Å². The van der Waals surface area contributed by atoms with Crippen molar-refractivity contribution in [1.29, 1.82) is 0 Å². The van der Waals surface area contributed by atoms with Gasteiger partial charge in [0.25, 0.3) is 0 Å². The third-order valence-corrected chi connectivity index (χ3v) is 4.46. The number of hydrazine groups is 2. The number of nitrogens with one attached hydrogen (secondary N) is 6. The maximum absolute atomic E-state index is 13.6. The summed E-state index contributed by atoms with van der Waals surface area (Å²) in [6, 6.07) is 5.78. The van der Waals surface area contributed by atoms with Crippen molar-refractivity contribution in [2.45, 2.75) is 25.7 Å². The van der Waals surface area contributed by atoms with Gasteiger partial charge in [-0.1, -0.05) is 0 Å². The molecule has 0 aliphatic rings. The highest BCUT2D eigenvalue weighted by Crippen LogP contribution is 2.15. The van der Waals surface area contributed by atoms with Gasteiger partial charge in [0.1, 0.15) is 23.3 Å². The lowest BCUT2D eigenvalue weighted by molar-refractivity contribution is -0.123. The van der Waals surface area contributed by atoms with E-state index in [4.69, 9.17) is 24.4 Å². The average Bonchev–Trinajstić information content (AvgIpc) is 2.77. The van der Waals surface area contributed by atoms with E-state index in [1.165, 1.54) is 0 Å². The number of thiocarbonyl (C=S) groups is 2. The monoisotopic (exact) mass is 516 g/mol. The summed E-state index contributed by atoms with van der Waals surface area (Å²) in [4.78, 5) is 23.6. The first-order valence-corrected chi connectivity index (χ1v) is 10.6. The second-order valence-electron chi connectivity index (χ2n) is 6.71. The van der Waals surface area contributed by atoms with Gasteiger partial charge in [0.15, 0.2) is 10.2 Å². The van der Waals surface area contributed by atoms with Crippen LogP contribution in [-0.4, -0.2) is 22.0 Å². The van der Waals surface area contributed by atoms with Crippen molar-refractivity contribution < 1.29 is 27.2 Å². The van der Waals surface area contributed by atoms with E-state index in [0.717, 1.165) is 24.3 Å². The quantitative estimate of drug-likeness (QED) is 0.144. The van der Waals surface area contributed by atoms with Crippen LogP contribution in [0.15, 0.2) is 36.4 Å². The van der Waals surface area contributed by atoms with Crippen molar-refractivity contribution in [2.75, 3.05) is 10.6 Å². The van der Waals surface area contributed by atoms with Crippen LogP contribution in [0, 0.1) is 23.3 Å². The number of benzene rings is 2. The SMILES string of the molecule is O=C(CCCCC(=O)NNC(=S)Nc1ccc(F)cc1F)NNC(=S)Nc1ccc(F)cc1F. The molecular weight excluding hydrogens is 496 g/mol. The molecule has 182 valence electrons. The Kier molecular flexibility index (Phi) is 10.4. The Morgan fingerprint density at radius 2 is 1.03 bits per heavy atom. The van der Waals surface area contributed by atoms with Crippen molar-refractivity contribution in [3.05, 3.63) is 59.7 Å². The summed E-state index contributed by atoms with van der Waals surface area (Å²) in [5.74, 6) is -4.01. The molecule has 0 aromatic heterocycles. The fourth-order valence-electron chi connectivity index (χ4n) is 2.44. The van der Waals surface area contributed by atoms with Gasteiger partial charge >= 0.3 is 0 Å². The fraction of sp³-hybridized carbons (Fsp3) is 0.200. The van der Waals surface area contributed by atoms with E-state index in [0.29, 0.717) is 25.0 Å². The summed E-state index contributed by atoms with van der Waals surface area (Å²) in [5.41, 5.74) is 9.26. The lowest BCUT2D eigenvalue weighted by atomic mass is 10.2. The van der Waals surface area contributed by atoms with Gasteiger partial charge < -0.3 is 10.6 Å². The Labute approximate surface area is 202 Å². The highest BCUT2D eigenvalue weighted by atomic mass is 32.1. The Morgan fingerprint density at radius 1 is 0.647 bits per heavy atom. The number of unbranched alkanes of at least 4 members (excludes halogenated alkanes) is 1. The second kappa shape index (κ2) is 13.3. The minimum absolute atomic E-state index is 0.0646. The highest BCUT2D eigenvalue weighted by Gasteiger charge is 2.09. The maximum atomic E-state index is 13.6. The Balaban J connectivity index is 1.57. The topological polar surface area (TPSA) is 106 Å². The molecule has 2 aromatic rings. The van der Waals surface area contributed by atoms with E-state index >= 15 is 0 Å². The molecule has 0 atom stereocenters. The molecule has 0 aliphatic carbocycles. The van der Waals surface area contributed by atoms with Crippen LogP contribution in [0.25, 0.3) is 0 Å². The summed E-state index contributed by atoms with van der Waals surface area (Å²) in [6.07, 6.45) is 0.893. The van der Waals surface area contributed by atoms with E-state index in [-0.39, 0.29) is 34.4 Å². The number of carbonyl (C=O) groups excluding carboxylic acids is 2. The van der Waals surface area contributed by atoms with E-state index in [9.17, 15) is 27.2 Å². The largest absolute Gasteiger partial charge is 0.329 e. The lowest BCUT2D eigenvalue weighted by Crippen LogP contribution is -2.44. The normalized spacial score (nSPS) is 10.1. The van der Waals surface area contributed by atoms with Crippen molar-refractivity contribution >= 4 is 57.8 Å². The van der Waals surface area contributed by atoms with Crippen LogP contribution < -0.4 is 32.3 Å². The zero-order chi connectivity index (χ0) is 25.1. The van der Waals surface area contributed by atoms with Gasteiger partial charge in [-0.15, -0.1) is 0 Å². The second-order valence-corrected chi connectivity index (χ2v) is 7.53. The third kappa shape index (κ3) is 9.54. The molecule has 2 aromatic carbocycles. The Morgan fingerprint density at radius 3 is 1.38 bits per heavy atom. The molecule has 2 rings (SSSR count). The predicted molar refractivity (Wildman–Crippen MR) is 126 cm³/mol. The Hall–Kier alpha value is -3.52. The summed E-state index contributed by atoms with van der Waals surface area (Å²) in [6.45, 7) is 0. The number of halogens is 4. The van der Waals surface area contributed by atoms with Crippen molar-refractivity contribution in [3.63, 3.8) is 0 Å². The minimum atomic E-state index is -0.845. The molecule has 14 heteroatoms. The van der Waals surface area contributed by atoms with Crippen molar-refractivity contribution in [1.82, 2.24) is 21.7 Å². The van der Waals surface area contributed by atoms with Gasteiger partial charge in [-0.25, -0.2) is 17.6 Å². The summed E-state index contributed by atoms with van der Waals surface area (Å²) in [7, 11) is 0. The van der Waals surface area contributed by atoms with E-state index in [1.807, 2.05) is 0 Å². The van der Waals surface area contributed by atoms with Gasteiger partial charge in [0.05, 0.1) is 11.4 Å². The summed E-state index contributed by atoms with van der Waals surface area (Å²) >= 11 is 9.82. The number of hydrogen-bond donors (Lipinski definition) is 6. The van der Waals surface area contributed by atoms with Gasteiger partial charge in [-0.2, -0.15) is 0 Å².